The molecule has 196 valence electrons. The molecule has 6 atom stereocenters. The second kappa shape index (κ2) is 9.75. The van der Waals surface area contributed by atoms with Gasteiger partial charge in [0, 0.05) is 10.9 Å². The number of amides is 2. The fourth-order valence-corrected chi connectivity index (χ4v) is 8.93. The Kier molecular flexibility index (Phi) is 6.40. The number of ether oxygens (including phenoxy) is 1. The Bertz CT molecular complexity index is 1400. The van der Waals surface area contributed by atoms with Crippen LogP contribution in [0.4, 0.5) is 5.69 Å². The molecule has 2 unspecified atom stereocenters. The van der Waals surface area contributed by atoms with Crippen molar-refractivity contribution in [2.45, 2.75) is 41.8 Å². The number of carbonyl (C=O) groups excluding carboxylic acids is 3. The highest BCUT2D eigenvalue weighted by Crippen LogP contribution is 2.67. The number of fused-ring (bicyclic) bond motifs is 2. The molecule has 38 heavy (non-hydrogen) atoms. The number of thioether (sulfide) groups is 1. The topological polar surface area (TPSA) is 95.9 Å². The molecule has 2 amide bonds. The Morgan fingerprint density at radius 3 is 2.58 bits per heavy atom. The van der Waals surface area contributed by atoms with Gasteiger partial charge in [0.1, 0.15) is 6.04 Å². The third-order valence-corrected chi connectivity index (χ3v) is 10.2. The normalized spacial score (nSPS) is 28.4. The summed E-state index contributed by atoms with van der Waals surface area (Å²) in [6.45, 7) is 1.66. The molecule has 3 heterocycles. The van der Waals surface area contributed by atoms with Gasteiger partial charge in [-0.05, 0) is 48.2 Å². The highest BCUT2D eigenvalue weighted by atomic mass is 32.2. The van der Waals surface area contributed by atoms with Gasteiger partial charge in [-0.15, -0.1) is 11.8 Å². The van der Waals surface area contributed by atoms with E-state index in [0.717, 1.165) is 22.8 Å². The Hall–Kier alpha value is -3.36. The van der Waals surface area contributed by atoms with E-state index in [1.165, 1.54) is 0 Å². The number of likely N-dealkylation sites (tertiary alicyclic amines) is 1. The molecule has 0 radical (unpaired) electrons. The smallest absolute Gasteiger partial charge is 0.310 e. The summed E-state index contributed by atoms with van der Waals surface area (Å²) in [6.07, 6.45) is 1.38. The second-order valence-electron chi connectivity index (χ2n) is 10.2. The highest BCUT2D eigenvalue weighted by Gasteiger charge is 2.74. The van der Waals surface area contributed by atoms with Gasteiger partial charge in [-0.1, -0.05) is 60.7 Å². The van der Waals surface area contributed by atoms with Crippen LogP contribution in [0.25, 0.3) is 10.8 Å². The largest absolute Gasteiger partial charge is 0.466 e. The zero-order chi connectivity index (χ0) is 26.4. The molecule has 3 aliphatic heterocycles. The number of hydrogen-bond donors (Lipinski definition) is 2. The summed E-state index contributed by atoms with van der Waals surface area (Å²) in [5.74, 6) is -2.21. The van der Waals surface area contributed by atoms with Gasteiger partial charge in [0.05, 0.1) is 35.8 Å². The summed E-state index contributed by atoms with van der Waals surface area (Å²) >= 11 is 1.59. The van der Waals surface area contributed by atoms with Gasteiger partial charge in [-0.3, -0.25) is 14.4 Å². The van der Waals surface area contributed by atoms with Crippen LogP contribution < -0.4 is 5.32 Å². The first kappa shape index (κ1) is 24.9. The van der Waals surface area contributed by atoms with Crippen molar-refractivity contribution >= 4 is 46.0 Å². The van der Waals surface area contributed by atoms with Crippen molar-refractivity contribution in [2.75, 3.05) is 18.5 Å². The van der Waals surface area contributed by atoms with E-state index in [0.29, 0.717) is 12.1 Å². The summed E-state index contributed by atoms with van der Waals surface area (Å²) < 4.78 is 4.64. The van der Waals surface area contributed by atoms with Gasteiger partial charge < -0.3 is 20.1 Å². The molecular formula is C30H30N2O5S. The first-order valence-electron chi connectivity index (χ1n) is 13.1. The predicted molar refractivity (Wildman–Crippen MR) is 146 cm³/mol. The van der Waals surface area contributed by atoms with Crippen molar-refractivity contribution in [3.8, 4) is 0 Å². The quantitative estimate of drug-likeness (QED) is 0.446. The minimum Gasteiger partial charge on any atom is -0.466 e. The second-order valence-corrected chi connectivity index (χ2v) is 11.8. The Morgan fingerprint density at radius 2 is 1.84 bits per heavy atom. The molecular weight excluding hydrogens is 500 g/mol. The lowest BCUT2D eigenvalue weighted by molar-refractivity contribution is -0.154. The van der Waals surface area contributed by atoms with Crippen LogP contribution in [0.15, 0.2) is 72.8 Å². The number of aliphatic hydroxyl groups excluding tert-OH is 1. The van der Waals surface area contributed by atoms with Gasteiger partial charge in [-0.2, -0.15) is 0 Å². The number of rotatable bonds is 7. The molecule has 3 saturated heterocycles. The van der Waals surface area contributed by atoms with Crippen LogP contribution in [0.5, 0.6) is 0 Å². The summed E-state index contributed by atoms with van der Waals surface area (Å²) in [5.41, 5.74) is 1.39. The van der Waals surface area contributed by atoms with Crippen LogP contribution in [0.1, 0.15) is 31.4 Å². The van der Waals surface area contributed by atoms with Crippen LogP contribution in [-0.2, 0) is 19.1 Å². The van der Waals surface area contributed by atoms with Crippen LogP contribution in [0.3, 0.4) is 0 Å². The fourth-order valence-electron chi connectivity index (χ4n) is 6.74. The molecule has 3 aliphatic rings. The third-order valence-electron chi connectivity index (χ3n) is 8.26. The number of benzene rings is 3. The maximum absolute atomic E-state index is 14.2. The van der Waals surface area contributed by atoms with E-state index in [4.69, 9.17) is 4.74 Å². The molecule has 0 aromatic heterocycles. The predicted octanol–water partition coefficient (Wildman–Crippen LogP) is 4.17. The maximum Gasteiger partial charge on any atom is 0.310 e. The lowest BCUT2D eigenvalue weighted by Gasteiger charge is -2.37. The van der Waals surface area contributed by atoms with E-state index in [-0.39, 0.29) is 36.2 Å². The average Bonchev–Trinajstić information content (AvgIpc) is 3.57. The maximum atomic E-state index is 14.2. The molecule has 3 aromatic carbocycles. The van der Waals surface area contributed by atoms with E-state index in [2.05, 4.69) is 5.32 Å². The van der Waals surface area contributed by atoms with Gasteiger partial charge in [0.25, 0.3) is 0 Å². The molecule has 8 heteroatoms. The number of hydrogen-bond acceptors (Lipinski definition) is 6. The fraction of sp³-hybridized carbons (Fsp3) is 0.367. The summed E-state index contributed by atoms with van der Waals surface area (Å²) in [5, 5.41) is 15.6. The lowest BCUT2D eigenvalue weighted by atomic mass is 9.71. The number of anilines is 1. The van der Waals surface area contributed by atoms with Crippen molar-refractivity contribution in [3.63, 3.8) is 0 Å². The first-order valence-corrected chi connectivity index (χ1v) is 14.0. The van der Waals surface area contributed by atoms with Crippen molar-refractivity contribution in [1.29, 1.82) is 0 Å². The van der Waals surface area contributed by atoms with Crippen LogP contribution in [0, 0.1) is 11.8 Å². The first-order chi connectivity index (χ1) is 18.5. The molecule has 0 aliphatic carbocycles. The van der Waals surface area contributed by atoms with E-state index in [9.17, 15) is 19.5 Å². The SMILES string of the molecule is CCOC(=O)[C@@H]1[C@H]2C(=O)N([C@H](CO)c3ccccc3)C(C(=O)Nc3ccc4ccccc4c3)C23CC[C@H]1S3. The molecule has 7 nitrogen and oxygen atoms in total. The minimum absolute atomic E-state index is 0.0644. The molecule has 0 saturated carbocycles. The van der Waals surface area contributed by atoms with E-state index in [1.807, 2.05) is 72.8 Å². The highest BCUT2D eigenvalue weighted by molar-refractivity contribution is 8.02. The number of carbonyl (C=O) groups is 3. The average molecular weight is 531 g/mol. The van der Waals surface area contributed by atoms with Crippen molar-refractivity contribution in [2.24, 2.45) is 11.8 Å². The van der Waals surface area contributed by atoms with E-state index in [1.54, 1.807) is 23.6 Å². The van der Waals surface area contributed by atoms with Crippen molar-refractivity contribution < 1.29 is 24.2 Å². The summed E-state index contributed by atoms with van der Waals surface area (Å²) in [6, 6.07) is 21.4. The summed E-state index contributed by atoms with van der Waals surface area (Å²) in [7, 11) is 0. The third kappa shape index (κ3) is 3.81. The van der Waals surface area contributed by atoms with E-state index >= 15 is 0 Å². The molecule has 2 N–H and O–H groups in total. The number of aliphatic hydroxyl groups is 1. The lowest BCUT2D eigenvalue weighted by Crippen LogP contribution is -2.52. The minimum atomic E-state index is -0.849. The van der Waals surface area contributed by atoms with Gasteiger partial charge in [0.2, 0.25) is 11.8 Å². The van der Waals surface area contributed by atoms with Gasteiger partial charge >= 0.3 is 5.97 Å². The van der Waals surface area contributed by atoms with Crippen LogP contribution in [-0.4, -0.2) is 57.0 Å². The zero-order valence-electron chi connectivity index (χ0n) is 21.1. The monoisotopic (exact) mass is 530 g/mol. The molecule has 1 spiro atoms. The summed E-state index contributed by atoms with van der Waals surface area (Å²) in [4.78, 5) is 43.0. The van der Waals surface area contributed by atoms with Crippen molar-refractivity contribution in [1.82, 2.24) is 4.90 Å². The Balaban J connectivity index is 1.42. The number of esters is 1. The number of nitrogens with zero attached hydrogens (tertiary/aromatic N) is 1. The Morgan fingerprint density at radius 1 is 1.11 bits per heavy atom. The van der Waals surface area contributed by atoms with Crippen LogP contribution in [0.2, 0.25) is 0 Å². The molecule has 6 rings (SSSR count). The number of nitrogens with one attached hydrogen (secondary N) is 1. The standard InChI is InChI=1S/C30H30N2O5S/c1-2-37-29(36)24-23-14-15-30(38-23)25(24)28(35)32(22(17-33)19-9-4-3-5-10-19)26(30)27(34)31-21-13-12-18-8-6-7-11-20(18)16-21/h3-13,16,22-26,33H,2,14-15,17H2,1H3,(H,31,34)/t22-,23-,24+,25+,26?,30?/m1/s1. The van der Waals surface area contributed by atoms with Crippen molar-refractivity contribution in [3.05, 3.63) is 78.4 Å². The zero-order valence-corrected chi connectivity index (χ0v) is 21.9. The Labute approximate surface area is 225 Å². The van der Waals surface area contributed by atoms with E-state index < -0.39 is 28.7 Å². The molecule has 3 aromatic rings. The molecule has 2 bridgehead atoms. The van der Waals surface area contributed by atoms with Crippen LogP contribution >= 0.6 is 11.8 Å². The molecule has 3 fully saturated rings. The van der Waals surface area contributed by atoms with Gasteiger partial charge in [0.15, 0.2) is 0 Å². The van der Waals surface area contributed by atoms with Gasteiger partial charge in [-0.25, -0.2) is 0 Å².